The van der Waals surface area contributed by atoms with Crippen LogP contribution in [0, 0.1) is 28.8 Å². The van der Waals surface area contributed by atoms with Crippen LogP contribution in [0.25, 0.3) is 0 Å². The molecule has 0 heterocycles. The van der Waals surface area contributed by atoms with Crippen molar-refractivity contribution in [2.24, 2.45) is 0 Å². The third kappa shape index (κ3) is 2.95. The molecule has 2 aromatic carbocycles. The van der Waals surface area contributed by atoms with E-state index in [9.17, 15) is 18.0 Å². The van der Waals surface area contributed by atoms with Gasteiger partial charge in [0.25, 0.3) is 5.91 Å². The maximum absolute atomic E-state index is 13.1. The number of nitrogens with one attached hydrogen (secondary N) is 1. The summed E-state index contributed by atoms with van der Waals surface area (Å²) >= 11 is 0. The normalized spacial score (nSPS) is 10.0. The van der Waals surface area contributed by atoms with E-state index in [-0.39, 0.29) is 11.3 Å². The minimum absolute atomic E-state index is 0.0893. The molecule has 0 saturated heterocycles. The van der Waals surface area contributed by atoms with Crippen molar-refractivity contribution in [1.82, 2.24) is 0 Å². The number of amides is 1. The SMILES string of the molecule is N#Cc1cc(N)ccc1NC(=O)c1cc(F)c(F)c(F)c1. The number of nitrogens with two attached hydrogens (primary N) is 1. The average Bonchev–Trinajstić information content (AvgIpc) is 2.45. The van der Waals surface area contributed by atoms with Crippen LogP contribution in [0.2, 0.25) is 0 Å². The Morgan fingerprint density at radius 2 is 1.76 bits per heavy atom. The molecule has 1 amide bonds. The van der Waals surface area contributed by atoms with E-state index >= 15 is 0 Å². The summed E-state index contributed by atoms with van der Waals surface area (Å²) in [7, 11) is 0. The second kappa shape index (κ2) is 5.54. The first-order valence-corrected chi connectivity index (χ1v) is 5.68. The molecule has 0 radical (unpaired) electrons. The van der Waals surface area contributed by atoms with Gasteiger partial charge >= 0.3 is 0 Å². The van der Waals surface area contributed by atoms with Crippen LogP contribution in [0.3, 0.4) is 0 Å². The molecule has 7 heteroatoms. The van der Waals surface area contributed by atoms with E-state index in [1.807, 2.05) is 6.07 Å². The van der Waals surface area contributed by atoms with Gasteiger partial charge in [-0.3, -0.25) is 4.79 Å². The van der Waals surface area contributed by atoms with Crippen LogP contribution in [-0.2, 0) is 0 Å². The number of carbonyl (C=O) groups is 1. The van der Waals surface area contributed by atoms with Crippen molar-refractivity contribution in [2.45, 2.75) is 0 Å². The zero-order valence-corrected chi connectivity index (χ0v) is 10.5. The molecule has 3 N–H and O–H groups in total. The number of rotatable bonds is 2. The van der Waals surface area contributed by atoms with Gasteiger partial charge in [0.1, 0.15) is 6.07 Å². The third-order valence-electron chi connectivity index (χ3n) is 2.66. The van der Waals surface area contributed by atoms with Crippen LogP contribution in [0.1, 0.15) is 15.9 Å². The van der Waals surface area contributed by atoms with Crippen LogP contribution >= 0.6 is 0 Å². The van der Waals surface area contributed by atoms with Gasteiger partial charge in [0, 0.05) is 11.3 Å². The first-order valence-electron chi connectivity index (χ1n) is 5.68. The number of nitrogen functional groups attached to an aromatic ring is 1. The predicted molar refractivity (Wildman–Crippen MR) is 69.8 cm³/mol. The lowest BCUT2D eigenvalue weighted by atomic mass is 10.1. The Hall–Kier alpha value is -3.01. The topological polar surface area (TPSA) is 78.9 Å². The van der Waals surface area contributed by atoms with Crippen molar-refractivity contribution >= 4 is 17.3 Å². The summed E-state index contributed by atoms with van der Waals surface area (Å²) in [4.78, 5) is 11.9. The van der Waals surface area contributed by atoms with Gasteiger partial charge in [-0.2, -0.15) is 5.26 Å². The highest BCUT2D eigenvalue weighted by molar-refractivity contribution is 6.05. The Bertz CT molecular complexity index is 746. The minimum Gasteiger partial charge on any atom is -0.399 e. The highest BCUT2D eigenvalue weighted by Crippen LogP contribution is 2.20. The van der Waals surface area contributed by atoms with Crippen molar-refractivity contribution in [3.8, 4) is 6.07 Å². The zero-order chi connectivity index (χ0) is 15.6. The number of hydrogen-bond donors (Lipinski definition) is 2. The molecule has 0 aliphatic heterocycles. The van der Waals surface area contributed by atoms with Gasteiger partial charge in [-0.25, -0.2) is 13.2 Å². The van der Waals surface area contributed by atoms with Crippen molar-refractivity contribution in [3.05, 3.63) is 58.9 Å². The Balaban J connectivity index is 2.33. The van der Waals surface area contributed by atoms with Crippen molar-refractivity contribution in [3.63, 3.8) is 0 Å². The van der Waals surface area contributed by atoms with E-state index in [0.29, 0.717) is 17.8 Å². The second-order valence-corrected chi connectivity index (χ2v) is 4.12. The molecule has 0 unspecified atom stereocenters. The molecule has 21 heavy (non-hydrogen) atoms. The van der Waals surface area contributed by atoms with Crippen LogP contribution in [0.5, 0.6) is 0 Å². The van der Waals surface area contributed by atoms with E-state index < -0.39 is 28.9 Å². The summed E-state index contributed by atoms with van der Waals surface area (Å²) in [6.07, 6.45) is 0. The van der Waals surface area contributed by atoms with Crippen LogP contribution in [-0.4, -0.2) is 5.91 Å². The zero-order valence-electron chi connectivity index (χ0n) is 10.5. The summed E-state index contributed by atoms with van der Waals surface area (Å²) in [5.74, 6) is -5.48. The number of carbonyl (C=O) groups excluding carboxylic acids is 1. The third-order valence-corrected chi connectivity index (χ3v) is 2.66. The van der Waals surface area contributed by atoms with Crippen LogP contribution in [0.4, 0.5) is 24.5 Å². The monoisotopic (exact) mass is 291 g/mol. The largest absolute Gasteiger partial charge is 0.399 e. The summed E-state index contributed by atoms with van der Waals surface area (Å²) < 4.78 is 39.0. The molecule has 0 fully saturated rings. The van der Waals surface area contributed by atoms with Crippen molar-refractivity contribution in [1.29, 1.82) is 5.26 Å². The van der Waals surface area contributed by atoms with Gasteiger partial charge < -0.3 is 11.1 Å². The molecule has 0 atom stereocenters. The highest BCUT2D eigenvalue weighted by Gasteiger charge is 2.16. The van der Waals surface area contributed by atoms with E-state index in [1.54, 1.807) is 0 Å². The molecule has 0 aromatic heterocycles. The lowest BCUT2D eigenvalue weighted by Crippen LogP contribution is -2.14. The number of halogens is 3. The van der Waals surface area contributed by atoms with Gasteiger partial charge in [0.2, 0.25) is 0 Å². The lowest BCUT2D eigenvalue weighted by molar-refractivity contribution is 0.102. The van der Waals surface area contributed by atoms with Crippen molar-refractivity contribution < 1.29 is 18.0 Å². The molecule has 106 valence electrons. The predicted octanol–water partition coefficient (Wildman–Crippen LogP) is 2.81. The molecular formula is C14H8F3N3O. The van der Waals surface area contributed by atoms with Crippen LogP contribution in [0.15, 0.2) is 30.3 Å². The highest BCUT2D eigenvalue weighted by atomic mass is 19.2. The first-order chi connectivity index (χ1) is 9.92. The number of benzene rings is 2. The standard InChI is InChI=1S/C14H8F3N3O/c15-10-4-7(5-11(16)13(10)17)14(21)20-12-2-1-9(19)3-8(12)6-18/h1-5H,19H2,(H,20,21). The molecule has 4 nitrogen and oxygen atoms in total. The summed E-state index contributed by atoms with van der Waals surface area (Å²) in [6.45, 7) is 0. The molecule has 0 spiro atoms. The van der Waals surface area contributed by atoms with Crippen molar-refractivity contribution in [2.75, 3.05) is 11.1 Å². The summed E-state index contributed by atoms with van der Waals surface area (Å²) in [6, 6.07) is 7.11. The smallest absolute Gasteiger partial charge is 0.255 e. The van der Waals surface area contributed by atoms with E-state index in [2.05, 4.69) is 5.32 Å². The molecular weight excluding hydrogens is 283 g/mol. The Kier molecular flexibility index (Phi) is 3.80. The van der Waals surface area contributed by atoms with Crippen LogP contribution < -0.4 is 11.1 Å². The van der Waals surface area contributed by atoms with E-state index in [4.69, 9.17) is 11.0 Å². The molecule has 0 saturated carbocycles. The molecule has 0 bridgehead atoms. The van der Waals surface area contributed by atoms with E-state index in [1.165, 1.54) is 18.2 Å². The molecule has 0 aliphatic carbocycles. The Labute approximate surface area is 117 Å². The average molecular weight is 291 g/mol. The van der Waals surface area contributed by atoms with E-state index in [0.717, 1.165) is 0 Å². The maximum atomic E-state index is 13.1. The fourth-order valence-corrected chi connectivity index (χ4v) is 1.64. The second-order valence-electron chi connectivity index (χ2n) is 4.12. The fourth-order valence-electron chi connectivity index (χ4n) is 1.64. The molecule has 2 aromatic rings. The molecule has 2 rings (SSSR count). The van der Waals surface area contributed by atoms with Gasteiger partial charge in [0.05, 0.1) is 11.3 Å². The molecule has 0 aliphatic rings. The number of hydrogen-bond acceptors (Lipinski definition) is 3. The van der Waals surface area contributed by atoms with Gasteiger partial charge in [-0.15, -0.1) is 0 Å². The first kappa shape index (κ1) is 14.4. The fraction of sp³-hybridized carbons (Fsp3) is 0. The summed E-state index contributed by atoms with van der Waals surface area (Å²) in [5.41, 5.74) is 5.63. The maximum Gasteiger partial charge on any atom is 0.255 e. The van der Waals surface area contributed by atoms with Gasteiger partial charge in [-0.1, -0.05) is 0 Å². The van der Waals surface area contributed by atoms with Gasteiger partial charge in [-0.05, 0) is 30.3 Å². The minimum atomic E-state index is -1.66. The van der Waals surface area contributed by atoms with Gasteiger partial charge in [0.15, 0.2) is 17.5 Å². The number of nitriles is 1. The number of nitrogens with zero attached hydrogens (tertiary/aromatic N) is 1. The lowest BCUT2D eigenvalue weighted by Gasteiger charge is -2.08. The Morgan fingerprint density at radius 3 is 2.33 bits per heavy atom. The number of anilines is 2. The quantitative estimate of drug-likeness (QED) is 0.659. The summed E-state index contributed by atoms with van der Waals surface area (Å²) in [5, 5.41) is 11.2. The Morgan fingerprint density at radius 1 is 1.14 bits per heavy atom.